The van der Waals surface area contributed by atoms with E-state index in [0.29, 0.717) is 19.4 Å². The lowest BCUT2D eigenvalue weighted by Crippen LogP contribution is -2.44. The number of furan rings is 1. The Morgan fingerprint density at radius 2 is 1.63 bits per heavy atom. The van der Waals surface area contributed by atoms with E-state index >= 15 is 0 Å². The van der Waals surface area contributed by atoms with Crippen LogP contribution in [0.4, 0.5) is 11.5 Å². The monoisotopic (exact) mass is 573 g/mol. The van der Waals surface area contributed by atoms with Gasteiger partial charge in [-0.15, -0.1) is 0 Å². The Bertz CT molecular complexity index is 1600. The second kappa shape index (κ2) is 13.8. The molecule has 0 aliphatic carbocycles. The standard InChI is InChI=1S/C36H36N4O3/c41-36-33(25-31-16-11-23-43-31)39-35-32(24-27-12-5-3-6-13-27)38-34(26-40(35)36)28-17-19-30(20-18-28)42-22-10-2-1-9-21-37-29-14-7-4-8-15-29/h3-8,11-20,23,26,33,37H,1-2,9-10,21-22,24-25H2/p+1. The van der Waals surface area contributed by atoms with E-state index in [9.17, 15) is 4.79 Å². The van der Waals surface area contributed by atoms with Crippen LogP contribution in [0.5, 0.6) is 5.75 Å². The summed E-state index contributed by atoms with van der Waals surface area (Å²) in [6.07, 6.45) is 9.03. The molecule has 3 aromatic carbocycles. The summed E-state index contributed by atoms with van der Waals surface area (Å²) in [6.45, 7) is 1.68. The van der Waals surface area contributed by atoms with Gasteiger partial charge in [0.1, 0.15) is 29.1 Å². The minimum Gasteiger partial charge on any atom is -0.494 e. The molecule has 1 atom stereocenters. The normalized spacial score (nSPS) is 13.9. The molecule has 43 heavy (non-hydrogen) atoms. The van der Waals surface area contributed by atoms with Crippen molar-refractivity contribution in [2.75, 3.05) is 23.8 Å². The number of hydrogen-bond acceptors (Lipinski definition) is 6. The van der Waals surface area contributed by atoms with E-state index in [1.807, 2.05) is 66.9 Å². The molecule has 218 valence electrons. The van der Waals surface area contributed by atoms with Crippen molar-refractivity contribution < 1.29 is 18.5 Å². The molecule has 7 nitrogen and oxygen atoms in total. The number of nitrogens with zero attached hydrogens (tertiary/aromatic N) is 2. The lowest BCUT2D eigenvalue weighted by Gasteiger charge is -2.09. The maximum Gasteiger partial charge on any atom is 0.359 e. The van der Waals surface area contributed by atoms with Gasteiger partial charge in [0.2, 0.25) is 6.04 Å². The van der Waals surface area contributed by atoms with E-state index in [-0.39, 0.29) is 5.91 Å². The summed E-state index contributed by atoms with van der Waals surface area (Å²) in [5.74, 6) is 2.34. The molecule has 0 saturated heterocycles. The van der Waals surface area contributed by atoms with E-state index in [1.54, 1.807) is 10.8 Å². The summed E-state index contributed by atoms with van der Waals surface area (Å²) in [5, 5.41) is 6.88. The summed E-state index contributed by atoms with van der Waals surface area (Å²) < 4.78 is 13.2. The number of para-hydroxylation sites is 1. The van der Waals surface area contributed by atoms with Crippen molar-refractivity contribution in [2.45, 2.75) is 44.6 Å². The lowest BCUT2D eigenvalue weighted by molar-refractivity contribution is -0.552. The van der Waals surface area contributed by atoms with Crippen molar-refractivity contribution in [1.29, 1.82) is 0 Å². The molecule has 0 bridgehead atoms. The molecule has 0 amide bonds. The first-order valence-corrected chi connectivity index (χ1v) is 15.1. The van der Waals surface area contributed by atoms with Gasteiger partial charge in [-0.05, 0) is 66.9 Å². The summed E-state index contributed by atoms with van der Waals surface area (Å²) in [6, 6.07) is 31.8. The van der Waals surface area contributed by atoms with Crippen molar-refractivity contribution in [3.8, 4) is 17.0 Å². The van der Waals surface area contributed by atoms with Crippen LogP contribution in [0.2, 0.25) is 0 Å². The van der Waals surface area contributed by atoms with Gasteiger partial charge in [-0.2, -0.15) is 4.57 Å². The topological polar surface area (TPSA) is 80.3 Å². The fraction of sp³-hybridized carbons (Fsp3) is 0.250. The van der Waals surface area contributed by atoms with Crippen LogP contribution in [-0.4, -0.2) is 30.1 Å². The lowest BCUT2D eigenvalue weighted by atomic mass is 10.1. The number of benzene rings is 3. The number of carbonyl (C=O) groups excluding carboxylic acids is 1. The third-order valence-corrected chi connectivity index (χ3v) is 7.66. The largest absolute Gasteiger partial charge is 0.494 e. The molecule has 1 unspecified atom stereocenters. The van der Waals surface area contributed by atoms with Crippen LogP contribution in [-0.2, 0) is 12.8 Å². The summed E-state index contributed by atoms with van der Waals surface area (Å²) in [4.78, 5) is 18.5. The van der Waals surface area contributed by atoms with Gasteiger partial charge in [0.05, 0.1) is 19.3 Å². The molecule has 1 aliphatic heterocycles. The first-order chi connectivity index (χ1) is 21.2. The third kappa shape index (κ3) is 7.30. The number of aromatic nitrogens is 2. The van der Waals surface area contributed by atoms with Crippen molar-refractivity contribution in [1.82, 2.24) is 4.98 Å². The Labute approximate surface area is 252 Å². The summed E-state index contributed by atoms with van der Waals surface area (Å²) in [5.41, 5.74) is 4.82. The van der Waals surface area contributed by atoms with E-state index < -0.39 is 6.04 Å². The average molecular weight is 574 g/mol. The van der Waals surface area contributed by atoms with Crippen molar-refractivity contribution in [3.63, 3.8) is 0 Å². The quantitative estimate of drug-likeness (QED) is 0.111. The second-order valence-corrected chi connectivity index (χ2v) is 10.9. The van der Waals surface area contributed by atoms with Crippen molar-refractivity contribution in [3.05, 3.63) is 127 Å². The van der Waals surface area contributed by atoms with Gasteiger partial charge in [0.25, 0.3) is 0 Å². The fourth-order valence-electron chi connectivity index (χ4n) is 5.38. The smallest absolute Gasteiger partial charge is 0.359 e. The van der Waals surface area contributed by atoms with E-state index in [0.717, 1.165) is 65.6 Å². The number of hydrogen-bond donors (Lipinski definition) is 2. The average Bonchev–Trinajstić information content (AvgIpc) is 3.68. The maximum absolute atomic E-state index is 13.5. The van der Waals surface area contributed by atoms with Crippen LogP contribution >= 0.6 is 0 Å². The van der Waals surface area contributed by atoms with E-state index in [4.69, 9.17) is 14.1 Å². The van der Waals surface area contributed by atoms with Gasteiger partial charge < -0.3 is 14.5 Å². The highest BCUT2D eigenvalue weighted by Crippen LogP contribution is 2.26. The molecule has 0 spiro atoms. The van der Waals surface area contributed by atoms with Crippen LogP contribution in [0.1, 0.15) is 47.5 Å². The van der Waals surface area contributed by atoms with Gasteiger partial charge in [-0.25, -0.2) is 9.78 Å². The highest BCUT2D eigenvalue weighted by atomic mass is 16.5. The summed E-state index contributed by atoms with van der Waals surface area (Å²) in [7, 11) is 0. The molecule has 7 heteroatoms. The Hall–Kier alpha value is -4.91. The predicted octanol–water partition coefficient (Wildman–Crippen LogP) is 6.95. The second-order valence-electron chi connectivity index (χ2n) is 10.9. The predicted molar refractivity (Wildman–Crippen MR) is 168 cm³/mol. The molecule has 2 aromatic heterocycles. The zero-order chi connectivity index (χ0) is 29.3. The Morgan fingerprint density at radius 3 is 2.40 bits per heavy atom. The minimum absolute atomic E-state index is 0.0137. The zero-order valence-electron chi connectivity index (χ0n) is 24.2. The molecule has 5 aromatic rings. The highest BCUT2D eigenvalue weighted by molar-refractivity contribution is 5.82. The number of fused-ring (bicyclic) bond motifs is 1. The molecule has 3 heterocycles. The van der Waals surface area contributed by atoms with E-state index in [1.165, 1.54) is 12.1 Å². The molecule has 0 saturated carbocycles. The van der Waals surface area contributed by atoms with Crippen molar-refractivity contribution >= 4 is 17.4 Å². The van der Waals surface area contributed by atoms with Crippen LogP contribution in [0.25, 0.3) is 11.3 Å². The fourth-order valence-corrected chi connectivity index (χ4v) is 5.38. The molecule has 2 N–H and O–H groups in total. The molecule has 0 radical (unpaired) electrons. The number of ether oxygens (including phenoxy) is 1. The molecule has 1 aliphatic rings. The first kappa shape index (κ1) is 28.2. The number of anilines is 2. The van der Waals surface area contributed by atoms with Crippen LogP contribution < -0.4 is 19.9 Å². The zero-order valence-corrected chi connectivity index (χ0v) is 24.2. The number of unbranched alkanes of at least 4 members (excludes halogenated alkanes) is 3. The molecular formula is C36H37N4O3+. The number of carbonyl (C=O) groups is 1. The maximum atomic E-state index is 13.5. The Kier molecular flexibility index (Phi) is 9.08. The van der Waals surface area contributed by atoms with Crippen LogP contribution in [0, 0.1) is 0 Å². The summed E-state index contributed by atoms with van der Waals surface area (Å²) >= 11 is 0. The Morgan fingerprint density at radius 1 is 0.860 bits per heavy atom. The van der Waals surface area contributed by atoms with Gasteiger partial charge in [0.15, 0.2) is 0 Å². The minimum atomic E-state index is -0.409. The van der Waals surface area contributed by atoms with Crippen molar-refractivity contribution in [2.24, 2.45) is 0 Å². The number of rotatable bonds is 14. The van der Waals surface area contributed by atoms with E-state index in [2.05, 4.69) is 47.0 Å². The third-order valence-electron chi connectivity index (χ3n) is 7.66. The highest BCUT2D eigenvalue weighted by Gasteiger charge is 2.41. The van der Waals surface area contributed by atoms with Gasteiger partial charge in [0, 0.05) is 24.2 Å². The first-order valence-electron chi connectivity index (χ1n) is 15.1. The van der Waals surface area contributed by atoms with Crippen LogP contribution in [0.15, 0.2) is 114 Å². The Balaban J connectivity index is 1.07. The van der Waals surface area contributed by atoms with Gasteiger partial charge >= 0.3 is 11.7 Å². The van der Waals surface area contributed by atoms with Gasteiger partial charge in [-0.1, -0.05) is 61.4 Å². The molecular weight excluding hydrogens is 536 g/mol. The van der Waals surface area contributed by atoms with Crippen LogP contribution in [0.3, 0.4) is 0 Å². The SMILES string of the molecule is O=C1C(Cc2ccco2)Nc2c(Cc3ccccc3)nc(-c3ccc(OCCCCCCNc4ccccc4)cc3)c[n+]21. The molecule has 0 fully saturated rings. The number of nitrogens with one attached hydrogen (secondary N) is 2. The van der Waals surface area contributed by atoms with Gasteiger partial charge in [-0.3, -0.25) is 5.32 Å². The molecule has 6 rings (SSSR count).